The lowest BCUT2D eigenvalue weighted by atomic mass is 10.1. The highest BCUT2D eigenvalue weighted by molar-refractivity contribution is 7.09. The molecule has 22 heavy (non-hydrogen) atoms. The second-order valence-electron chi connectivity index (χ2n) is 5.57. The van der Waals surface area contributed by atoms with Crippen molar-refractivity contribution < 1.29 is 9.90 Å². The molecule has 1 amide bonds. The van der Waals surface area contributed by atoms with E-state index in [0.717, 1.165) is 30.7 Å². The van der Waals surface area contributed by atoms with Gasteiger partial charge in [-0.2, -0.15) is 0 Å². The molecule has 0 atom stereocenters. The summed E-state index contributed by atoms with van der Waals surface area (Å²) in [4.78, 5) is 18.7. The second kappa shape index (κ2) is 7.03. The topological polar surface area (TPSA) is 53.4 Å². The highest BCUT2D eigenvalue weighted by atomic mass is 32.1. The summed E-state index contributed by atoms with van der Waals surface area (Å²) in [5.41, 5.74) is 1.80. The predicted octanol–water partition coefficient (Wildman–Crippen LogP) is 2.53. The van der Waals surface area contributed by atoms with Crippen LogP contribution in [-0.4, -0.2) is 40.1 Å². The zero-order valence-corrected chi connectivity index (χ0v) is 13.3. The van der Waals surface area contributed by atoms with Crippen molar-refractivity contribution in [3.8, 4) is 0 Å². The number of thiazole rings is 1. The average Bonchev–Trinajstić information content (AvgIpc) is 3.28. The standard InChI is InChI=1S/C17H20N2O2S/c20-11-10-19(14-7-8-14)17(21)15-12-22-16(18-15)9-6-13-4-2-1-3-5-13/h1-5,12,14,20H,6-11H2. The first-order valence-corrected chi connectivity index (χ1v) is 8.56. The van der Waals surface area contributed by atoms with Crippen LogP contribution in [0.2, 0.25) is 0 Å². The molecule has 1 aromatic carbocycles. The average molecular weight is 316 g/mol. The van der Waals surface area contributed by atoms with E-state index in [2.05, 4.69) is 17.1 Å². The molecule has 3 rings (SSSR count). The minimum atomic E-state index is -0.0428. The van der Waals surface area contributed by atoms with Gasteiger partial charge in [0.15, 0.2) is 0 Å². The van der Waals surface area contributed by atoms with E-state index in [0.29, 0.717) is 18.3 Å². The molecule has 0 unspecified atom stereocenters. The Morgan fingerprint density at radius 2 is 2.05 bits per heavy atom. The van der Waals surface area contributed by atoms with Gasteiger partial charge in [0.1, 0.15) is 5.69 Å². The zero-order chi connectivity index (χ0) is 15.4. The molecule has 1 heterocycles. The molecular weight excluding hydrogens is 296 g/mol. The highest BCUT2D eigenvalue weighted by Gasteiger charge is 2.33. The minimum Gasteiger partial charge on any atom is -0.395 e. The Kier molecular flexibility index (Phi) is 4.85. The van der Waals surface area contributed by atoms with Gasteiger partial charge in [-0.25, -0.2) is 4.98 Å². The summed E-state index contributed by atoms with van der Waals surface area (Å²) in [7, 11) is 0. The Bertz CT molecular complexity index is 623. The van der Waals surface area contributed by atoms with Crippen LogP contribution in [0.25, 0.3) is 0 Å². The van der Waals surface area contributed by atoms with Gasteiger partial charge in [-0.3, -0.25) is 4.79 Å². The number of rotatable bonds is 7. The summed E-state index contributed by atoms with van der Waals surface area (Å²) in [6.07, 6.45) is 3.86. The van der Waals surface area contributed by atoms with Crippen molar-refractivity contribution in [2.75, 3.05) is 13.2 Å². The largest absolute Gasteiger partial charge is 0.395 e. The number of benzene rings is 1. The molecular formula is C17H20N2O2S. The number of nitrogens with zero attached hydrogens (tertiary/aromatic N) is 2. The number of hydrogen-bond donors (Lipinski definition) is 1. The van der Waals surface area contributed by atoms with Crippen molar-refractivity contribution in [2.45, 2.75) is 31.7 Å². The number of carbonyl (C=O) groups excluding carboxylic acids is 1. The summed E-state index contributed by atoms with van der Waals surface area (Å²) in [6.45, 7) is 0.410. The SMILES string of the molecule is O=C(c1csc(CCc2ccccc2)n1)N(CCO)C1CC1. The van der Waals surface area contributed by atoms with Gasteiger partial charge in [0.2, 0.25) is 0 Å². The molecule has 0 saturated heterocycles. The summed E-state index contributed by atoms with van der Waals surface area (Å²) < 4.78 is 0. The smallest absolute Gasteiger partial charge is 0.273 e. The molecule has 1 fully saturated rings. The fourth-order valence-electron chi connectivity index (χ4n) is 2.51. The Labute approximate surface area is 134 Å². The number of amides is 1. The van der Waals surface area contributed by atoms with Crippen LogP contribution >= 0.6 is 11.3 Å². The fraction of sp³-hybridized carbons (Fsp3) is 0.412. The van der Waals surface area contributed by atoms with Gasteiger partial charge in [-0.05, 0) is 24.8 Å². The maximum atomic E-state index is 12.5. The molecule has 2 aromatic rings. The molecule has 1 aliphatic rings. The quantitative estimate of drug-likeness (QED) is 0.854. The van der Waals surface area contributed by atoms with Crippen LogP contribution < -0.4 is 0 Å². The summed E-state index contributed by atoms with van der Waals surface area (Å²) in [5, 5.41) is 11.9. The van der Waals surface area contributed by atoms with E-state index in [4.69, 9.17) is 5.11 Å². The third-order valence-corrected chi connectivity index (χ3v) is 4.74. The lowest BCUT2D eigenvalue weighted by Gasteiger charge is -2.19. The molecule has 5 heteroatoms. The van der Waals surface area contributed by atoms with Gasteiger partial charge in [0, 0.05) is 24.4 Å². The monoisotopic (exact) mass is 316 g/mol. The van der Waals surface area contributed by atoms with Crippen molar-refractivity contribution in [1.82, 2.24) is 9.88 Å². The van der Waals surface area contributed by atoms with Crippen LogP contribution in [0.3, 0.4) is 0 Å². The van der Waals surface area contributed by atoms with E-state index < -0.39 is 0 Å². The molecule has 1 aliphatic carbocycles. The summed E-state index contributed by atoms with van der Waals surface area (Å²) in [5.74, 6) is -0.0428. The lowest BCUT2D eigenvalue weighted by molar-refractivity contribution is 0.0702. The maximum Gasteiger partial charge on any atom is 0.273 e. The van der Waals surface area contributed by atoms with Crippen LogP contribution in [0.5, 0.6) is 0 Å². The Morgan fingerprint density at radius 3 is 2.73 bits per heavy atom. The van der Waals surface area contributed by atoms with E-state index in [1.807, 2.05) is 23.6 Å². The van der Waals surface area contributed by atoms with Crippen molar-refractivity contribution in [2.24, 2.45) is 0 Å². The number of carbonyl (C=O) groups is 1. The van der Waals surface area contributed by atoms with E-state index in [1.165, 1.54) is 5.56 Å². The van der Waals surface area contributed by atoms with Crippen LogP contribution in [0, 0.1) is 0 Å². The van der Waals surface area contributed by atoms with Gasteiger partial charge in [-0.15, -0.1) is 11.3 Å². The Hall–Kier alpha value is -1.72. The maximum absolute atomic E-state index is 12.5. The number of aliphatic hydroxyl groups is 1. The van der Waals surface area contributed by atoms with Gasteiger partial charge in [0.25, 0.3) is 5.91 Å². The molecule has 1 saturated carbocycles. The van der Waals surface area contributed by atoms with Gasteiger partial charge in [0.05, 0.1) is 11.6 Å². The fourth-order valence-corrected chi connectivity index (χ4v) is 3.28. The van der Waals surface area contributed by atoms with E-state index in [-0.39, 0.29) is 12.5 Å². The van der Waals surface area contributed by atoms with Crippen LogP contribution in [-0.2, 0) is 12.8 Å². The van der Waals surface area contributed by atoms with Crippen LogP contribution in [0.4, 0.5) is 0 Å². The molecule has 4 nitrogen and oxygen atoms in total. The van der Waals surface area contributed by atoms with E-state index in [1.54, 1.807) is 16.2 Å². The first-order chi connectivity index (χ1) is 10.8. The van der Waals surface area contributed by atoms with Gasteiger partial charge < -0.3 is 10.0 Å². The third kappa shape index (κ3) is 3.72. The molecule has 1 aromatic heterocycles. The summed E-state index contributed by atoms with van der Waals surface area (Å²) in [6, 6.07) is 10.6. The number of hydrogen-bond acceptors (Lipinski definition) is 4. The molecule has 0 bridgehead atoms. The minimum absolute atomic E-state index is 0.00718. The Balaban J connectivity index is 1.61. The van der Waals surface area contributed by atoms with Crippen LogP contribution in [0.15, 0.2) is 35.7 Å². The summed E-state index contributed by atoms with van der Waals surface area (Å²) >= 11 is 1.54. The highest BCUT2D eigenvalue weighted by Crippen LogP contribution is 2.28. The Morgan fingerprint density at radius 1 is 1.27 bits per heavy atom. The number of aromatic nitrogens is 1. The van der Waals surface area contributed by atoms with Gasteiger partial charge in [-0.1, -0.05) is 30.3 Å². The molecule has 0 aliphatic heterocycles. The van der Waals surface area contributed by atoms with Gasteiger partial charge >= 0.3 is 0 Å². The first-order valence-electron chi connectivity index (χ1n) is 7.68. The zero-order valence-electron chi connectivity index (χ0n) is 12.4. The number of aliphatic hydroxyl groups excluding tert-OH is 1. The molecule has 1 N–H and O–H groups in total. The van der Waals surface area contributed by atoms with Crippen molar-refractivity contribution in [3.63, 3.8) is 0 Å². The van der Waals surface area contributed by atoms with Crippen molar-refractivity contribution in [3.05, 3.63) is 52.0 Å². The van der Waals surface area contributed by atoms with Crippen molar-refractivity contribution in [1.29, 1.82) is 0 Å². The predicted molar refractivity (Wildman–Crippen MR) is 87.1 cm³/mol. The lowest BCUT2D eigenvalue weighted by Crippen LogP contribution is -2.35. The van der Waals surface area contributed by atoms with Crippen molar-refractivity contribution >= 4 is 17.2 Å². The molecule has 116 valence electrons. The second-order valence-corrected chi connectivity index (χ2v) is 6.51. The first kappa shape index (κ1) is 15.2. The van der Waals surface area contributed by atoms with Crippen LogP contribution in [0.1, 0.15) is 33.9 Å². The number of aryl methyl sites for hydroxylation is 2. The normalized spacial score (nSPS) is 14.0. The van der Waals surface area contributed by atoms with E-state index >= 15 is 0 Å². The molecule has 0 spiro atoms. The third-order valence-electron chi connectivity index (χ3n) is 3.83. The van der Waals surface area contributed by atoms with E-state index in [9.17, 15) is 4.79 Å². The molecule has 0 radical (unpaired) electrons.